The molecular weight excluding hydrogens is 268 g/mol. The zero-order valence-electron chi connectivity index (χ0n) is 12.8. The van der Waals surface area contributed by atoms with Crippen molar-refractivity contribution in [2.45, 2.75) is 32.8 Å². The highest BCUT2D eigenvalue weighted by Gasteiger charge is 2.30. The van der Waals surface area contributed by atoms with Gasteiger partial charge >= 0.3 is 11.8 Å². The van der Waals surface area contributed by atoms with Crippen LogP contribution >= 0.6 is 0 Å². The van der Waals surface area contributed by atoms with Crippen molar-refractivity contribution in [1.82, 2.24) is 4.90 Å². The van der Waals surface area contributed by atoms with E-state index in [2.05, 4.69) is 0 Å². The predicted molar refractivity (Wildman–Crippen MR) is 81.2 cm³/mol. The fourth-order valence-electron chi connectivity index (χ4n) is 2.46. The largest absolute Gasteiger partial charge is 0.393 e. The molecule has 2 amide bonds. The molecule has 5 heteroatoms. The Morgan fingerprint density at radius 3 is 2.81 bits per heavy atom. The number of amides is 2. The number of fused-ring (bicyclic) bond motifs is 1. The normalized spacial score (nSPS) is 14.8. The first-order valence-electron chi connectivity index (χ1n) is 7.24. The standard InChI is InChI=1S/C16H22N2O3/c1-11-4-5-13-7-9-18(14(13)10-11)16(21)15(20)17(3)8-6-12(2)19/h4-5,10,12,19H,6-9H2,1-3H3. The Morgan fingerprint density at radius 2 is 2.14 bits per heavy atom. The topological polar surface area (TPSA) is 60.9 Å². The first-order chi connectivity index (χ1) is 9.90. The van der Waals surface area contributed by atoms with Crippen molar-refractivity contribution in [2.24, 2.45) is 0 Å². The number of hydrogen-bond acceptors (Lipinski definition) is 3. The van der Waals surface area contributed by atoms with E-state index in [1.165, 1.54) is 4.90 Å². The number of hydrogen-bond donors (Lipinski definition) is 1. The molecule has 0 saturated carbocycles. The molecular formula is C16H22N2O3. The first-order valence-corrected chi connectivity index (χ1v) is 7.24. The van der Waals surface area contributed by atoms with Gasteiger partial charge in [0.2, 0.25) is 0 Å². The Morgan fingerprint density at radius 1 is 1.43 bits per heavy atom. The van der Waals surface area contributed by atoms with Gasteiger partial charge in [-0.05, 0) is 43.9 Å². The van der Waals surface area contributed by atoms with Crippen LogP contribution in [0.1, 0.15) is 24.5 Å². The van der Waals surface area contributed by atoms with Gasteiger partial charge in [-0.1, -0.05) is 12.1 Å². The monoisotopic (exact) mass is 290 g/mol. The van der Waals surface area contributed by atoms with Crippen LogP contribution in [-0.2, 0) is 16.0 Å². The molecule has 0 spiro atoms. The number of aliphatic hydroxyl groups is 1. The van der Waals surface area contributed by atoms with Crippen LogP contribution in [0.4, 0.5) is 5.69 Å². The lowest BCUT2D eigenvalue weighted by Gasteiger charge is -2.22. The summed E-state index contributed by atoms with van der Waals surface area (Å²) in [6, 6.07) is 5.98. The minimum absolute atomic E-state index is 0.372. The highest BCUT2D eigenvalue weighted by Crippen LogP contribution is 2.29. The second-order valence-electron chi connectivity index (χ2n) is 5.70. The molecule has 1 aromatic rings. The van der Waals surface area contributed by atoms with E-state index in [1.54, 1.807) is 18.9 Å². The molecule has 5 nitrogen and oxygen atoms in total. The number of carbonyl (C=O) groups is 2. The summed E-state index contributed by atoms with van der Waals surface area (Å²) in [7, 11) is 1.59. The average Bonchev–Trinajstić information content (AvgIpc) is 2.85. The lowest BCUT2D eigenvalue weighted by atomic mass is 10.1. The number of benzene rings is 1. The van der Waals surface area contributed by atoms with Crippen LogP contribution < -0.4 is 4.90 Å². The molecule has 0 aliphatic carbocycles. The quantitative estimate of drug-likeness (QED) is 0.848. The molecule has 0 radical (unpaired) electrons. The van der Waals surface area contributed by atoms with Gasteiger partial charge in [0.1, 0.15) is 0 Å². The lowest BCUT2D eigenvalue weighted by molar-refractivity contribution is -0.143. The molecule has 1 heterocycles. The molecule has 0 saturated heterocycles. The number of aliphatic hydroxyl groups excluding tert-OH is 1. The van der Waals surface area contributed by atoms with Gasteiger partial charge in [-0.25, -0.2) is 0 Å². The van der Waals surface area contributed by atoms with E-state index in [0.29, 0.717) is 19.5 Å². The van der Waals surface area contributed by atoms with Crippen LogP contribution in [-0.4, -0.2) is 48.1 Å². The fourth-order valence-corrected chi connectivity index (χ4v) is 2.46. The molecule has 0 fully saturated rings. The van der Waals surface area contributed by atoms with Crippen LogP contribution in [0.5, 0.6) is 0 Å². The minimum Gasteiger partial charge on any atom is -0.393 e. The summed E-state index contributed by atoms with van der Waals surface area (Å²) in [6.45, 7) is 4.56. The van der Waals surface area contributed by atoms with E-state index < -0.39 is 17.9 Å². The van der Waals surface area contributed by atoms with Gasteiger partial charge in [0.15, 0.2) is 0 Å². The third-order valence-electron chi connectivity index (χ3n) is 3.79. The van der Waals surface area contributed by atoms with Crippen LogP contribution in [0.2, 0.25) is 0 Å². The molecule has 1 aliphatic rings. The number of carbonyl (C=O) groups excluding carboxylic acids is 2. The van der Waals surface area contributed by atoms with Crippen LogP contribution in [0.25, 0.3) is 0 Å². The van der Waals surface area contributed by atoms with E-state index in [1.807, 2.05) is 25.1 Å². The molecule has 0 aromatic heterocycles. The number of anilines is 1. The maximum Gasteiger partial charge on any atom is 0.316 e. The van der Waals surface area contributed by atoms with Gasteiger partial charge in [0, 0.05) is 25.8 Å². The summed E-state index contributed by atoms with van der Waals surface area (Å²) in [6.07, 6.45) is 0.766. The van der Waals surface area contributed by atoms with Crippen molar-refractivity contribution < 1.29 is 14.7 Å². The smallest absolute Gasteiger partial charge is 0.316 e. The highest BCUT2D eigenvalue weighted by molar-refractivity contribution is 6.40. The van der Waals surface area contributed by atoms with Crippen molar-refractivity contribution in [1.29, 1.82) is 0 Å². The van der Waals surface area contributed by atoms with Gasteiger partial charge in [-0.15, -0.1) is 0 Å². The molecule has 1 aliphatic heterocycles. The van der Waals surface area contributed by atoms with Gasteiger partial charge in [-0.2, -0.15) is 0 Å². The molecule has 21 heavy (non-hydrogen) atoms. The van der Waals surface area contributed by atoms with Crippen molar-refractivity contribution >= 4 is 17.5 Å². The van der Waals surface area contributed by atoms with Gasteiger partial charge in [0.05, 0.1) is 6.10 Å². The SMILES string of the molecule is Cc1ccc2c(c1)N(C(=O)C(=O)N(C)CCC(C)O)CC2. The molecule has 1 atom stereocenters. The lowest BCUT2D eigenvalue weighted by Crippen LogP contribution is -2.44. The summed E-state index contributed by atoms with van der Waals surface area (Å²) in [5.41, 5.74) is 3.02. The van der Waals surface area contributed by atoms with Gasteiger partial charge in [0.25, 0.3) is 0 Å². The Balaban J connectivity index is 2.08. The van der Waals surface area contributed by atoms with E-state index in [9.17, 15) is 14.7 Å². The van der Waals surface area contributed by atoms with Gasteiger partial charge in [-0.3, -0.25) is 9.59 Å². The van der Waals surface area contributed by atoms with Crippen LogP contribution in [0.15, 0.2) is 18.2 Å². The van der Waals surface area contributed by atoms with Crippen molar-refractivity contribution in [2.75, 3.05) is 25.0 Å². The maximum atomic E-state index is 12.4. The maximum absolute atomic E-state index is 12.4. The summed E-state index contributed by atoms with van der Waals surface area (Å²) in [5.74, 6) is -1.02. The Bertz CT molecular complexity index is 554. The third-order valence-corrected chi connectivity index (χ3v) is 3.79. The van der Waals surface area contributed by atoms with Crippen LogP contribution in [0, 0.1) is 6.92 Å². The van der Waals surface area contributed by atoms with E-state index in [0.717, 1.165) is 23.2 Å². The number of aryl methyl sites for hydroxylation is 1. The fraction of sp³-hybridized carbons (Fsp3) is 0.500. The third kappa shape index (κ3) is 3.42. The Kier molecular flexibility index (Phi) is 4.63. The second kappa shape index (κ2) is 6.26. The van der Waals surface area contributed by atoms with Crippen molar-refractivity contribution in [3.63, 3.8) is 0 Å². The number of rotatable bonds is 3. The Hall–Kier alpha value is -1.88. The minimum atomic E-state index is -0.523. The second-order valence-corrected chi connectivity index (χ2v) is 5.70. The summed E-state index contributed by atoms with van der Waals surface area (Å²) in [5, 5.41) is 9.26. The average molecular weight is 290 g/mol. The molecule has 1 N–H and O–H groups in total. The number of likely N-dealkylation sites (N-methyl/N-ethyl adjacent to an activating group) is 1. The van der Waals surface area contributed by atoms with Crippen molar-refractivity contribution in [3.05, 3.63) is 29.3 Å². The number of nitrogens with zero attached hydrogens (tertiary/aromatic N) is 2. The van der Waals surface area contributed by atoms with E-state index >= 15 is 0 Å². The van der Waals surface area contributed by atoms with Crippen molar-refractivity contribution in [3.8, 4) is 0 Å². The Labute approximate surface area is 125 Å². The molecule has 1 aromatic carbocycles. The van der Waals surface area contributed by atoms with Crippen LogP contribution in [0.3, 0.4) is 0 Å². The zero-order valence-corrected chi connectivity index (χ0v) is 12.8. The molecule has 1 unspecified atom stereocenters. The summed E-state index contributed by atoms with van der Waals surface area (Å²) < 4.78 is 0. The molecule has 114 valence electrons. The zero-order chi connectivity index (χ0) is 15.6. The predicted octanol–water partition coefficient (Wildman–Crippen LogP) is 1.11. The summed E-state index contributed by atoms with van der Waals surface area (Å²) in [4.78, 5) is 27.5. The van der Waals surface area contributed by atoms with Gasteiger partial charge < -0.3 is 14.9 Å². The first kappa shape index (κ1) is 15.5. The molecule has 0 bridgehead atoms. The van der Waals surface area contributed by atoms with E-state index in [-0.39, 0.29) is 0 Å². The van der Waals surface area contributed by atoms with E-state index in [4.69, 9.17) is 0 Å². The highest BCUT2D eigenvalue weighted by atomic mass is 16.3. The molecule has 2 rings (SSSR count). The summed E-state index contributed by atoms with van der Waals surface area (Å²) >= 11 is 0.